The number of hydrogen-bond acceptors (Lipinski definition) is 5. The maximum atomic E-state index is 13.1. The molecule has 0 aliphatic heterocycles. The van der Waals surface area contributed by atoms with E-state index >= 15 is 0 Å². The summed E-state index contributed by atoms with van der Waals surface area (Å²) in [6.07, 6.45) is -10.2. The van der Waals surface area contributed by atoms with Gasteiger partial charge in [0.15, 0.2) is 11.2 Å². The molecule has 0 aliphatic rings. The molecule has 0 radical (unpaired) electrons. The van der Waals surface area contributed by atoms with Crippen molar-refractivity contribution in [3.63, 3.8) is 0 Å². The standard InChI is InChI=1S/C18H16F6O4S/c1-15(27,17(19,20)21)11-7-9(3-5-13(11)25)29-10-4-6-14(26)12(8-10)16(2,28)18(22,23)24/h3-8,25-28H,1-2H3. The van der Waals surface area contributed by atoms with Crippen LogP contribution in [0.15, 0.2) is 46.2 Å². The molecule has 2 unspecified atom stereocenters. The number of halogens is 6. The van der Waals surface area contributed by atoms with E-state index in [0.29, 0.717) is 25.6 Å². The minimum absolute atomic E-state index is 0.0608. The highest BCUT2D eigenvalue weighted by atomic mass is 32.2. The molecule has 2 aromatic rings. The molecular weight excluding hydrogens is 426 g/mol. The van der Waals surface area contributed by atoms with Gasteiger partial charge in [-0.1, -0.05) is 11.8 Å². The summed E-state index contributed by atoms with van der Waals surface area (Å²) in [4.78, 5) is 0.122. The van der Waals surface area contributed by atoms with Crippen molar-refractivity contribution in [1.29, 1.82) is 0 Å². The molecule has 11 heteroatoms. The lowest BCUT2D eigenvalue weighted by molar-refractivity contribution is -0.259. The predicted molar refractivity (Wildman–Crippen MR) is 91.6 cm³/mol. The Morgan fingerprint density at radius 1 is 0.655 bits per heavy atom. The van der Waals surface area contributed by atoms with Crippen LogP contribution in [-0.4, -0.2) is 32.8 Å². The molecule has 0 aliphatic carbocycles. The Morgan fingerprint density at radius 3 is 1.24 bits per heavy atom. The van der Waals surface area contributed by atoms with Crippen molar-refractivity contribution in [2.45, 2.75) is 47.2 Å². The summed E-state index contributed by atoms with van der Waals surface area (Å²) in [6.45, 7) is 0.908. The van der Waals surface area contributed by atoms with Crippen molar-refractivity contribution < 1.29 is 46.8 Å². The van der Waals surface area contributed by atoms with E-state index in [0.717, 1.165) is 24.3 Å². The molecule has 4 N–H and O–H groups in total. The summed E-state index contributed by atoms with van der Waals surface area (Å²) in [5.41, 5.74) is -8.41. The van der Waals surface area contributed by atoms with E-state index in [9.17, 15) is 46.8 Å². The zero-order valence-corrected chi connectivity index (χ0v) is 15.7. The number of aromatic hydroxyl groups is 2. The summed E-state index contributed by atoms with van der Waals surface area (Å²) in [5, 5.41) is 39.0. The van der Waals surface area contributed by atoms with Crippen LogP contribution >= 0.6 is 11.8 Å². The highest BCUT2D eigenvalue weighted by Gasteiger charge is 2.53. The number of alkyl halides is 6. The maximum Gasteiger partial charge on any atom is 0.421 e. The molecular formula is C18H16F6O4S. The van der Waals surface area contributed by atoms with E-state index in [1.165, 1.54) is 12.1 Å². The van der Waals surface area contributed by atoms with Gasteiger partial charge in [0, 0.05) is 20.9 Å². The molecule has 0 amide bonds. The topological polar surface area (TPSA) is 80.9 Å². The summed E-state index contributed by atoms with van der Waals surface area (Å²) < 4.78 is 78.4. The molecule has 0 bridgehead atoms. The zero-order chi connectivity index (χ0) is 22.4. The Labute approximate surface area is 165 Å². The van der Waals surface area contributed by atoms with Gasteiger partial charge in [-0.15, -0.1) is 0 Å². The molecule has 4 nitrogen and oxygen atoms in total. The van der Waals surface area contributed by atoms with Gasteiger partial charge in [-0.25, -0.2) is 0 Å². The quantitative estimate of drug-likeness (QED) is 0.512. The van der Waals surface area contributed by atoms with Crippen molar-refractivity contribution in [3.8, 4) is 11.5 Å². The third-order valence-corrected chi connectivity index (χ3v) is 5.30. The molecule has 29 heavy (non-hydrogen) atoms. The first kappa shape index (κ1) is 23.2. The van der Waals surface area contributed by atoms with E-state index < -0.39 is 46.2 Å². The number of phenols is 2. The Kier molecular flexibility index (Phi) is 5.83. The van der Waals surface area contributed by atoms with Crippen LogP contribution < -0.4 is 0 Å². The number of hydrogen-bond donors (Lipinski definition) is 4. The largest absolute Gasteiger partial charge is 0.508 e. The van der Waals surface area contributed by atoms with Gasteiger partial charge in [-0.3, -0.25) is 0 Å². The molecule has 160 valence electrons. The van der Waals surface area contributed by atoms with E-state index in [2.05, 4.69) is 0 Å². The average Bonchev–Trinajstić information content (AvgIpc) is 2.56. The molecule has 0 aromatic heterocycles. The van der Waals surface area contributed by atoms with E-state index in [-0.39, 0.29) is 9.79 Å². The third kappa shape index (κ3) is 4.41. The maximum absolute atomic E-state index is 13.1. The number of phenolic OH excluding ortho intramolecular Hbond substituents is 2. The lowest BCUT2D eigenvalue weighted by atomic mass is 9.94. The van der Waals surface area contributed by atoms with Crippen molar-refractivity contribution in [1.82, 2.24) is 0 Å². The number of benzene rings is 2. The van der Waals surface area contributed by atoms with Crippen LogP contribution in [0.1, 0.15) is 25.0 Å². The van der Waals surface area contributed by atoms with Crippen molar-refractivity contribution >= 4 is 11.8 Å². The van der Waals surface area contributed by atoms with Crippen LogP contribution in [0.5, 0.6) is 11.5 Å². The van der Waals surface area contributed by atoms with Gasteiger partial charge in [0.05, 0.1) is 0 Å². The fourth-order valence-corrected chi connectivity index (χ4v) is 3.28. The van der Waals surface area contributed by atoms with Crippen LogP contribution in [0.25, 0.3) is 0 Å². The second kappa shape index (κ2) is 7.29. The van der Waals surface area contributed by atoms with Gasteiger partial charge in [0.2, 0.25) is 0 Å². The number of rotatable bonds is 4. The van der Waals surface area contributed by atoms with Gasteiger partial charge in [-0.2, -0.15) is 26.3 Å². The summed E-state index contributed by atoms with van der Waals surface area (Å²) >= 11 is 0.708. The molecule has 0 heterocycles. The van der Waals surface area contributed by atoms with Crippen LogP contribution in [0, 0.1) is 0 Å². The molecule has 0 spiro atoms. The van der Waals surface area contributed by atoms with Crippen molar-refractivity contribution in [2.24, 2.45) is 0 Å². The molecule has 2 aromatic carbocycles. The summed E-state index contributed by atoms with van der Waals surface area (Å²) in [6, 6.07) is 5.91. The van der Waals surface area contributed by atoms with E-state index in [1.807, 2.05) is 0 Å². The first-order chi connectivity index (χ1) is 13.0. The van der Waals surface area contributed by atoms with Crippen LogP contribution in [0.4, 0.5) is 26.3 Å². The van der Waals surface area contributed by atoms with Crippen molar-refractivity contribution in [2.75, 3.05) is 0 Å². The molecule has 0 fully saturated rings. The first-order valence-electron chi connectivity index (χ1n) is 7.91. The van der Waals surface area contributed by atoms with E-state index in [1.54, 1.807) is 0 Å². The molecule has 2 rings (SSSR count). The van der Waals surface area contributed by atoms with Gasteiger partial charge in [-0.05, 0) is 50.2 Å². The Morgan fingerprint density at radius 2 is 0.966 bits per heavy atom. The minimum atomic E-state index is -5.09. The second-order valence-corrected chi connectivity index (χ2v) is 7.75. The average molecular weight is 442 g/mol. The van der Waals surface area contributed by atoms with Gasteiger partial charge in [0.25, 0.3) is 0 Å². The highest BCUT2D eigenvalue weighted by molar-refractivity contribution is 7.99. The van der Waals surface area contributed by atoms with Gasteiger partial charge in [0.1, 0.15) is 11.5 Å². The second-order valence-electron chi connectivity index (χ2n) is 6.60. The molecule has 0 saturated heterocycles. The predicted octanol–water partition coefficient (Wildman–Crippen LogP) is 4.79. The van der Waals surface area contributed by atoms with Crippen LogP contribution in [-0.2, 0) is 11.2 Å². The highest BCUT2D eigenvalue weighted by Crippen LogP contribution is 2.46. The fraction of sp³-hybridized carbons (Fsp3) is 0.333. The van der Waals surface area contributed by atoms with Gasteiger partial charge >= 0.3 is 12.4 Å². The zero-order valence-electron chi connectivity index (χ0n) is 14.9. The van der Waals surface area contributed by atoms with Crippen molar-refractivity contribution in [3.05, 3.63) is 47.5 Å². The fourth-order valence-electron chi connectivity index (χ4n) is 2.38. The smallest absolute Gasteiger partial charge is 0.421 e. The van der Waals surface area contributed by atoms with Crippen LogP contribution in [0.2, 0.25) is 0 Å². The molecule has 0 saturated carbocycles. The lowest BCUT2D eigenvalue weighted by Crippen LogP contribution is -2.39. The van der Waals surface area contributed by atoms with Crippen LogP contribution in [0.3, 0.4) is 0 Å². The third-order valence-electron chi connectivity index (χ3n) is 4.32. The first-order valence-corrected chi connectivity index (χ1v) is 8.73. The SMILES string of the molecule is CC(O)(c1cc(Sc2ccc(O)c(C(C)(O)C(F)(F)F)c2)ccc1O)C(F)(F)F. The monoisotopic (exact) mass is 442 g/mol. The lowest BCUT2D eigenvalue weighted by Gasteiger charge is -2.28. The summed E-state index contributed by atoms with van der Waals surface area (Å²) in [5.74, 6) is -1.63. The summed E-state index contributed by atoms with van der Waals surface area (Å²) in [7, 11) is 0. The Balaban J connectivity index is 2.47. The Bertz CT molecular complexity index is 833. The number of aliphatic hydroxyl groups is 2. The Hall–Kier alpha value is -2.11. The van der Waals surface area contributed by atoms with Gasteiger partial charge < -0.3 is 20.4 Å². The minimum Gasteiger partial charge on any atom is -0.508 e. The normalized spacial score (nSPS) is 16.9. The van der Waals surface area contributed by atoms with E-state index in [4.69, 9.17) is 0 Å². The molecule has 2 atom stereocenters.